The van der Waals surface area contributed by atoms with Gasteiger partial charge < -0.3 is 25.6 Å². The number of carboxylic acid groups (broad SMARTS) is 1. The van der Waals surface area contributed by atoms with E-state index in [4.69, 9.17) is 14.9 Å². The molecule has 0 saturated heterocycles. The van der Waals surface area contributed by atoms with Crippen molar-refractivity contribution < 1.29 is 29.3 Å². The second kappa shape index (κ2) is 7.68. The molecule has 8 nitrogen and oxygen atoms in total. The number of carbonyl (C=O) groups excluding carboxylic acids is 2. The second-order valence-electron chi connectivity index (χ2n) is 5.19. The second-order valence-corrected chi connectivity index (χ2v) is 5.19. The minimum atomic E-state index is -1.41. The lowest BCUT2D eigenvalue weighted by Crippen LogP contribution is -2.53. The molecule has 8 heteroatoms. The van der Waals surface area contributed by atoms with Crippen LogP contribution in [-0.4, -0.2) is 52.5 Å². The van der Waals surface area contributed by atoms with E-state index >= 15 is 0 Å². The quantitative estimate of drug-likeness (QED) is 0.539. The van der Waals surface area contributed by atoms with Crippen molar-refractivity contribution in [3.8, 4) is 0 Å². The SMILES string of the molecule is CCC(NC(=O)OC(C)(C)C)C(=O)N[C@@H](CO)C(=O)O. The highest BCUT2D eigenvalue weighted by atomic mass is 16.6. The van der Waals surface area contributed by atoms with E-state index in [1.807, 2.05) is 0 Å². The first-order chi connectivity index (χ1) is 9.10. The number of hydrogen-bond acceptors (Lipinski definition) is 5. The van der Waals surface area contributed by atoms with Crippen LogP contribution in [0.15, 0.2) is 0 Å². The lowest BCUT2D eigenvalue weighted by atomic mass is 10.2. The molecule has 0 aromatic rings. The number of amides is 2. The summed E-state index contributed by atoms with van der Waals surface area (Å²) in [6.45, 7) is 5.96. The maximum atomic E-state index is 11.8. The van der Waals surface area contributed by atoms with Crippen LogP contribution in [0.4, 0.5) is 4.79 Å². The Labute approximate surface area is 117 Å². The van der Waals surface area contributed by atoms with Crippen molar-refractivity contribution >= 4 is 18.0 Å². The Kier molecular flexibility index (Phi) is 6.98. The Morgan fingerprint density at radius 3 is 2.05 bits per heavy atom. The molecule has 0 aromatic heterocycles. The summed E-state index contributed by atoms with van der Waals surface area (Å²) in [4.78, 5) is 34.0. The Bertz CT molecular complexity index is 363. The van der Waals surface area contributed by atoms with Gasteiger partial charge in [-0.2, -0.15) is 0 Å². The number of alkyl carbamates (subject to hydrolysis) is 1. The maximum Gasteiger partial charge on any atom is 0.408 e. The molecule has 0 radical (unpaired) electrons. The van der Waals surface area contributed by atoms with Crippen molar-refractivity contribution in [1.29, 1.82) is 0 Å². The fourth-order valence-corrected chi connectivity index (χ4v) is 1.26. The molecule has 20 heavy (non-hydrogen) atoms. The summed E-state index contributed by atoms with van der Waals surface area (Å²) in [5.74, 6) is -2.05. The van der Waals surface area contributed by atoms with Gasteiger partial charge in [0.25, 0.3) is 0 Å². The predicted octanol–water partition coefficient (Wildman–Crippen LogP) is -0.149. The zero-order valence-electron chi connectivity index (χ0n) is 12.1. The molecule has 4 N–H and O–H groups in total. The van der Waals surface area contributed by atoms with E-state index in [1.54, 1.807) is 27.7 Å². The molecular weight excluding hydrogens is 268 g/mol. The summed E-state index contributed by atoms with van der Waals surface area (Å²) >= 11 is 0. The van der Waals surface area contributed by atoms with Crippen LogP contribution in [0.25, 0.3) is 0 Å². The van der Waals surface area contributed by atoms with E-state index in [-0.39, 0.29) is 6.42 Å². The Hall–Kier alpha value is -1.83. The van der Waals surface area contributed by atoms with Gasteiger partial charge in [0.2, 0.25) is 5.91 Å². The smallest absolute Gasteiger partial charge is 0.408 e. The van der Waals surface area contributed by atoms with Crippen molar-refractivity contribution in [3.05, 3.63) is 0 Å². The predicted molar refractivity (Wildman–Crippen MR) is 70.1 cm³/mol. The molecule has 0 aromatic carbocycles. The summed E-state index contributed by atoms with van der Waals surface area (Å²) in [7, 11) is 0. The molecule has 0 saturated carbocycles. The third-order valence-corrected chi connectivity index (χ3v) is 2.21. The Balaban J connectivity index is 4.56. The number of nitrogens with one attached hydrogen (secondary N) is 2. The Morgan fingerprint density at radius 1 is 1.15 bits per heavy atom. The molecule has 0 spiro atoms. The fourth-order valence-electron chi connectivity index (χ4n) is 1.26. The maximum absolute atomic E-state index is 11.8. The number of hydrogen-bond donors (Lipinski definition) is 4. The zero-order valence-corrected chi connectivity index (χ0v) is 12.1. The van der Waals surface area contributed by atoms with Crippen molar-refractivity contribution in [1.82, 2.24) is 10.6 Å². The van der Waals surface area contributed by atoms with Gasteiger partial charge in [-0.25, -0.2) is 9.59 Å². The van der Waals surface area contributed by atoms with Crippen molar-refractivity contribution in [3.63, 3.8) is 0 Å². The molecule has 0 fully saturated rings. The van der Waals surface area contributed by atoms with Gasteiger partial charge >= 0.3 is 12.1 Å². The number of carboxylic acids is 1. The van der Waals surface area contributed by atoms with E-state index in [9.17, 15) is 14.4 Å². The topological polar surface area (TPSA) is 125 Å². The number of aliphatic carboxylic acids is 1. The van der Waals surface area contributed by atoms with E-state index < -0.39 is 42.3 Å². The summed E-state index contributed by atoms with van der Waals surface area (Å²) in [6.07, 6.45) is -0.515. The summed E-state index contributed by atoms with van der Waals surface area (Å²) in [5.41, 5.74) is -0.701. The van der Waals surface area contributed by atoms with Crippen LogP contribution in [-0.2, 0) is 14.3 Å². The minimum absolute atomic E-state index is 0.253. The number of rotatable bonds is 6. The molecule has 0 heterocycles. The number of aliphatic hydroxyl groups is 1. The first-order valence-electron chi connectivity index (χ1n) is 6.24. The van der Waals surface area contributed by atoms with Gasteiger partial charge in [0, 0.05) is 0 Å². The first-order valence-corrected chi connectivity index (χ1v) is 6.24. The van der Waals surface area contributed by atoms with E-state index in [2.05, 4.69) is 10.6 Å². The average molecular weight is 290 g/mol. The number of aliphatic hydroxyl groups excluding tert-OH is 1. The van der Waals surface area contributed by atoms with Gasteiger partial charge in [-0.1, -0.05) is 6.92 Å². The van der Waals surface area contributed by atoms with E-state index in [1.165, 1.54) is 0 Å². The molecule has 0 bridgehead atoms. The van der Waals surface area contributed by atoms with Crippen LogP contribution in [0.3, 0.4) is 0 Å². The molecule has 2 atom stereocenters. The van der Waals surface area contributed by atoms with Gasteiger partial charge in [0.05, 0.1) is 6.61 Å². The molecule has 2 amide bonds. The summed E-state index contributed by atoms with van der Waals surface area (Å²) in [5, 5.41) is 22.0. The molecule has 0 aliphatic rings. The molecule has 0 aliphatic carbocycles. The van der Waals surface area contributed by atoms with E-state index in [0.717, 1.165) is 0 Å². The average Bonchev–Trinajstić information content (AvgIpc) is 2.29. The van der Waals surface area contributed by atoms with Gasteiger partial charge in [-0.3, -0.25) is 4.79 Å². The van der Waals surface area contributed by atoms with Gasteiger partial charge in [0.15, 0.2) is 0 Å². The highest BCUT2D eigenvalue weighted by molar-refractivity contribution is 5.89. The first kappa shape index (κ1) is 18.2. The summed E-state index contributed by atoms with van der Waals surface area (Å²) in [6, 6.07) is -2.34. The van der Waals surface area contributed by atoms with Crippen molar-refractivity contribution in [2.75, 3.05) is 6.61 Å². The lowest BCUT2D eigenvalue weighted by Gasteiger charge is -2.23. The summed E-state index contributed by atoms with van der Waals surface area (Å²) < 4.78 is 5.00. The van der Waals surface area contributed by atoms with Crippen molar-refractivity contribution in [2.45, 2.75) is 51.8 Å². The third-order valence-electron chi connectivity index (χ3n) is 2.21. The van der Waals surface area contributed by atoms with E-state index in [0.29, 0.717) is 0 Å². The molecule has 1 unspecified atom stereocenters. The lowest BCUT2D eigenvalue weighted by molar-refractivity contribution is -0.143. The van der Waals surface area contributed by atoms with Crippen molar-refractivity contribution in [2.24, 2.45) is 0 Å². The number of carbonyl (C=O) groups is 3. The van der Waals surface area contributed by atoms with Crippen LogP contribution >= 0.6 is 0 Å². The van der Waals surface area contributed by atoms with Crippen LogP contribution in [0.1, 0.15) is 34.1 Å². The highest BCUT2D eigenvalue weighted by Crippen LogP contribution is 2.07. The molecule has 0 rings (SSSR count). The van der Waals surface area contributed by atoms with Crippen LogP contribution in [0.5, 0.6) is 0 Å². The molecular formula is C12H22N2O6. The number of ether oxygens (including phenoxy) is 1. The zero-order chi connectivity index (χ0) is 15.9. The molecule has 0 aliphatic heterocycles. The van der Waals surface area contributed by atoms with Gasteiger partial charge in [-0.15, -0.1) is 0 Å². The fraction of sp³-hybridized carbons (Fsp3) is 0.750. The standard InChI is InChI=1S/C12H22N2O6/c1-5-7(14-11(19)20-12(2,3)4)9(16)13-8(6-15)10(17)18/h7-8,15H,5-6H2,1-4H3,(H,13,16)(H,14,19)(H,17,18)/t7?,8-/m0/s1. The normalized spacial score (nSPS) is 14.1. The minimum Gasteiger partial charge on any atom is -0.480 e. The largest absolute Gasteiger partial charge is 0.480 e. The third kappa shape index (κ3) is 6.93. The molecule has 116 valence electrons. The monoisotopic (exact) mass is 290 g/mol. The Morgan fingerprint density at radius 2 is 1.70 bits per heavy atom. The van der Waals surface area contributed by atoms with Crippen LogP contribution in [0.2, 0.25) is 0 Å². The van der Waals surface area contributed by atoms with Gasteiger partial charge in [0.1, 0.15) is 17.7 Å². The van der Waals surface area contributed by atoms with Crippen LogP contribution < -0.4 is 10.6 Å². The van der Waals surface area contributed by atoms with Gasteiger partial charge in [-0.05, 0) is 27.2 Å². The van der Waals surface area contributed by atoms with Crippen LogP contribution in [0, 0.1) is 0 Å². The highest BCUT2D eigenvalue weighted by Gasteiger charge is 2.26.